The van der Waals surface area contributed by atoms with E-state index in [2.05, 4.69) is 41.8 Å². The maximum atomic E-state index is 10.1. The van der Waals surface area contributed by atoms with Crippen LogP contribution in [0.15, 0.2) is 73.5 Å². The molecule has 0 unspecified atom stereocenters. The Morgan fingerprint density at radius 3 is 2.04 bits per heavy atom. The second-order valence-corrected chi connectivity index (χ2v) is 7.52. The lowest BCUT2D eigenvalue weighted by molar-refractivity contribution is 0.405. The van der Waals surface area contributed by atoms with Gasteiger partial charge < -0.3 is 14.9 Å². The van der Waals surface area contributed by atoms with E-state index < -0.39 is 0 Å². The van der Waals surface area contributed by atoms with Crippen molar-refractivity contribution in [3.05, 3.63) is 74.7 Å². The molecule has 28 heavy (non-hydrogen) atoms. The zero-order valence-corrected chi connectivity index (χ0v) is 18.0. The summed E-state index contributed by atoms with van der Waals surface area (Å²) in [5.74, 6) is 0.734. The number of halogens is 2. The summed E-state index contributed by atoms with van der Waals surface area (Å²) < 4.78 is 6.72. The van der Waals surface area contributed by atoms with E-state index in [9.17, 15) is 10.2 Å². The van der Waals surface area contributed by atoms with E-state index in [1.54, 1.807) is 36.7 Å². The quantitative estimate of drug-likeness (QED) is 0.411. The maximum absolute atomic E-state index is 10.1. The van der Waals surface area contributed by atoms with E-state index >= 15 is 0 Å². The van der Waals surface area contributed by atoms with Crippen molar-refractivity contribution in [1.82, 2.24) is 0 Å². The first kappa shape index (κ1) is 20.1. The van der Waals surface area contributed by atoms with Crippen LogP contribution in [0.25, 0.3) is 0 Å². The highest BCUT2D eigenvalue weighted by molar-refractivity contribution is 9.10. The fourth-order valence-electron chi connectivity index (χ4n) is 2.41. The minimum absolute atomic E-state index is 0.0591. The Bertz CT molecular complexity index is 1070. The van der Waals surface area contributed by atoms with Crippen molar-refractivity contribution in [2.45, 2.75) is 0 Å². The Kier molecular flexibility index (Phi) is 6.49. The number of aromatic hydroxyl groups is 2. The third-order valence-corrected chi connectivity index (χ3v) is 4.97. The van der Waals surface area contributed by atoms with Crippen LogP contribution in [0.5, 0.6) is 17.2 Å². The van der Waals surface area contributed by atoms with Crippen molar-refractivity contribution in [3.63, 3.8) is 0 Å². The summed E-state index contributed by atoms with van der Waals surface area (Å²) in [5.41, 5.74) is 2.38. The first-order valence-electron chi connectivity index (χ1n) is 8.20. The second kappa shape index (κ2) is 9.03. The number of phenolic OH excluding ortho intramolecular Hbond substituents is 2. The zero-order chi connectivity index (χ0) is 20.1. The fraction of sp³-hybridized carbons (Fsp3) is 0.0476. The minimum Gasteiger partial charge on any atom is -0.507 e. The molecule has 0 aliphatic rings. The molecule has 0 amide bonds. The number of hydrogen-bond acceptors (Lipinski definition) is 5. The number of benzene rings is 3. The molecule has 7 heteroatoms. The van der Waals surface area contributed by atoms with Gasteiger partial charge in [-0.1, -0.05) is 28.1 Å². The van der Waals surface area contributed by atoms with Crippen molar-refractivity contribution in [2.75, 3.05) is 7.11 Å². The molecule has 5 nitrogen and oxygen atoms in total. The van der Waals surface area contributed by atoms with E-state index in [1.165, 1.54) is 13.2 Å². The van der Waals surface area contributed by atoms with Gasteiger partial charge in [-0.2, -0.15) is 0 Å². The molecule has 0 atom stereocenters. The van der Waals surface area contributed by atoms with E-state index in [0.29, 0.717) is 32.7 Å². The Morgan fingerprint density at radius 1 is 0.821 bits per heavy atom. The van der Waals surface area contributed by atoms with Crippen LogP contribution in [-0.4, -0.2) is 29.8 Å². The average Bonchev–Trinajstić information content (AvgIpc) is 2.69. The summed E-state index contributed by atoms with van der Waals surface area (Å²) in [5, 5.41) is 20.1. The van der Waals surface area contributed by atoms with Gasteiger partial charge in [-0.25, -0.2) is 0 Å². The number of nitrogens with zero attached hydrogens (tertiary/aromatic N) is 2. The smallest absolute Gasteiger partial charge is 0.136 e. The van der Waals surface area contributed by atoms with Gasteiger partial charge in [0.25, 0.3) is 0 Å². The van der Waals surface area contributed by atoms with Crippen molar-refractivity contribution in [1.29, 1.82) is 0 Å². The Balaban J connectivity index is 1.91. The molecule has 0 aromatic heterocycles. The Hall–Kier alpha value is -2.64. The minimum atomic E-state index is 0.0591. The molecule has 0 aliphatic heterocycles. The third-order valence-electron chi connectivity index (χ3n) is 3.86. The van der Waals surface area contributed by atoms with E-state index in [1.807, 2.05) is 24.3 Å². The number of aliphatic imine (C=N–C) groups is 2. The SMILES string of the molecule is COc1cc(O)c(C=Nc2ccccc2N=Cc2cc(Br)ccc2O)cc1Br. The highest BCUT2D eigenvalue weighted by Gasteiger charge is 2.07. The number of para-hydroxylation sites is 2. The molecule has 0 fully saturated rings. The lowest BCUT2D eigenvalue weighted by Crippen LogP contribution is -1.88. The van der Waals surface area contributed by atoms with E-state index in [0.717, 1.165) is 4.47 Å². The average molecular weight is 504 g/mol. The van der Waals surface area contributed by atoms with Crippen LogP contribution in [0.2, 0.25) is 0 Å². The third kappa shape index (κ3) is 4.79. The molecule has 3 rings (SSSR count). The van der Waals surface area contributed by atoms with Crippen molar-refractivity contribution < 1.29 is 14.9 Å². The first-order chi connectivity index (χ1) is 13.5. The van der Waals surface area contributed by atoms with Crippen molar-refractivity contribution in [2.24, 2.45) is 9.98 Å². The van der Waals surface area contributed by atoms with Crippen LogP contribution in [-0.2, 0) is 0 Å². The monoisotopic (exact) mass is 502 g/mol. The van der Waals surface area contributed by atoms with Crippen LogP contribution >= 0.6 is 31.9 Å². The first-order valence-corrected chi connectivity index (χ1v) is 9.78. The molecule has 142 valence electrons. The van der Waals surface area contributed by atoms with Crippen LogP contribution in [0, 0.1) is 0 Å². The molecule has 0 saturated heterocycles. The molecule has 2 N–H and O–H groups in total. The number of hydrogen-bond donors (Lipinski definition) is 2. The van der Waals surface area contributed by atoms with Crippen LogP contribution in [0.1, 0.15) is 11.1 Å². The molecule has 3 aromatic rings. The highest BCUT2D eigenvalue weighted by atomic mass is 79.9. The van der Waals surface area contributed by atoms with Gasteiger partial charge in [0.15, 0.2) is 0 Å². The largest absolute Gasteiger partial charge is 0.507 e. The van der Waals surface area contributed by atoms with Gasteiger partial charge in [-0.3, -0.25) is 9.98 Å². The number of rotatable bonds is 5. The summed E-state index contributed by atoms with van der Waals surface area (Å²) in [4.78, 5) is 8.90. The lowest BCUT2D eigenvalue weighted by atomic mass is 10.2. The van der Waals surface area contributed by atoms with Gasteiger partial charge in [0.1, 0.15) is 17.2 Å². The number of ether oxygens (including phenoxy) is 1. The number of phenols is 2. The second-order valence-electron chi connectivity index (χ2n) is 5.75. The van der Waals surface area contributed by atoms with Gasteiger partial charge in [0.05, 0.1) is 23.0 Å². The molecule has 0 bridgehead atoms. The highest BCUT2D eigenvalue weighted by Crippen LogP contribution is 2.33. The maximum Gasteiger partial charge on any atom is 0.136 e. The molecule has 0 spiro atoms. The Morgan fingerprint density at radius 2 is 1.43 bits per heavy atom. The molecule has 3 aromatic carbocycles. The molecular weight excluding hydrogens is 488 g/mol. The summed E-state index contributed by atoms with van der Waals surface area (Å²) in [7, 11) is 1.53. The predicted octanol–water partition coefficient (Wildman–Crippen LogP) is 6.13. The van der Waals surface area contributed by atoms with Crippen LogP contribution in [0.3, 0.4) is 0 Å². The lowest BCUT2D eigenvalue weighted by Gasteiger charge is -2.06. The molecule has 0 aliphatic carbocycles. The summed E-state index contributed by atoms with van der Waals surface area (Å²) in [6, 6.07) is 15.7. The molecular formula is C21H16Br2N2O3. The Labute approximate surface area is 179 Å². The van der Waals surface area contributed by atoms with Crippen LogP contribution in [0.4, 0.5) is 11.4 Å². The van der Waals surface area contributed by atoms with Gasteiger partial charge in [0.2, 0.25) is 0 Å². The molecule has 0 saturated carbocycles. The summed E-state index contributed by atoms with van der Waals surface area (Å²) in [6.45, 7) is 0. The molecule has 0 heterocycles. The zero-order valence-electron chi connectivity index (χ0n) is 14.8. The van der Waals surface area contributed by atoms with Crippen molar-refractivity contribution in [3.8, 4) is 17.2 Å². The van der Waals surface area contributed by atoms with Gasteiger partial charge in [0, 0.05) is 34.1 Å². The van der Waals surface area contributed by atoms with E-state index in [4.69, 9.17) is 4.74 Å². The normalized spacial score (nSPS) is 11.4. The summed E-state index contributed by atoms with van der Waals surface area (Å²) >= 11 is 6.77. The van der Waals surface area contributed by atoms with Gasteiger partial charge >= 0.3 is 0 Å². The standard InChI is InChI=1S/C21H16Br2N2O3/c1-28-21-10-20(27)14(9-16(21)23)12-25-18-5-3-2-4-17(18)24-11-13-8-15(22)6-7-19(13)26/h2-12,26-27H,1H3. The number of methoxy groups -OCH3 is 1. The summed E-state index contributed by atoms with van der Waals surface area (Å²) in [6.07, 6.45) is 3.14. The predicted molar refractivity (Wildman–Crippen MR) is 119 cm³/mol. The van der Waals surface area contributed by atoms with E-state index in [-0.39, 0.29) is 11.5 Å². The fourth-order valence-corrected chi connectivity index (χ4v) is 3.31. The van der Waals surface area contributed by atoms with Gasteiger partial charge in [-0.15, -0.1) is 0 Å². The molecule has 0 radical (unpaired) electrons. The van der Waals surface area contributed by atoms with Gasteiger partial charge in [-0.05, 0) is 52.3 Å². The topological polar surface area (TPSA) is 74.4 Å². The van der Waals surface area contributed by atoms with Crippen LogP contribution < -0.4 is 4.74 Å². The van der Waals surface area contributed by atoms with Crippen molar-refractivity contribution >= 4 is 55.7 Å².